The second-order valence-corrected chi connectivity index (χ2v) is 18.6. The van der Waals surface area contributed by atoms with Crippen molar-refractivity contribution in [1.29, 1.82) is 0 Å². The Morgan fingerprint density at radius 2 is 1.85 bits per heavy atom. The summed E-state index contributed by atoms with van der Waals surface area (Å²) in [4.78, 5) is 57.7. The summed E-state index contributed by atoms with van der Waals surface area (Å²) in [6, 6.07) is 0.664. The average molecular weight is 856 g/mol. The van der Waals surface area contributed by atoms with Crippen molar-refractivity contribution in [1.82, 2.24) is 10.3 Å². The highest BCUT2D eigenvalue weighted by Gasteiger charge is 2.67. The van der Waals surface area contributed by atoms with Crippen LogP contribution in [0.25, 0.3) is 0 Å². The number of carbonyl (C=O) groups excluding carboxylic acids is 3. The maximum atomic E-state index is 15.2. The number of aromatic amines is 1. The summed E-state index contributed by atoms with van der Waals surface area (Å²) < 4.78 is 19.4. The molecule has 1 aromatic rings. The molecular formula is C45H56Cl2N2O10. The standard InChI is InChI=1S/C45H56Cl2N2O10/c1-7-25-20-45-39(52)34(42(56)59-45)38(51)44(8-2)26(12-10-9-11-22(3)19-43(45,6)21-28(25)41(54)55)14-15-27-29(44)16-13-23(4)37(27)58-33-18-31(50)35(24(5)57-33)49-40(53)36-30(46)17-32(47)48-36/h9-10,14-15,17,19,21,23-27,29,31,33,35,37,48,50-51H,7-8,11-13,16,18,20H2,1-6H3,(H,49,53)(H,54,55)/t23-,24+,25-,26+,27-,29+,31+,33-,35+,37-,43-,44+,45+/m0/s1. The van der Waals surface area contributed by atoms with E-state index >= 15 is 4.79 Å². The molecule has 3 heterocycles. The number of allylic oxidation sites excluding steroid dienone is 5. The van der Waals surface area contributed by atoms with Gasteiger partial charge in [-0.1, -0.05) is 86.0 Å². The van der Waals surface area contributed by atoms with Crippen LogP contribution >= 0.6 is 23.2 Å². The third-order valence-corrected chi connectivity index (χ3v) is 14.9. The van der Waals surface area contributed by atoms with Crippen LogP contribution in [0.3, 0.4) is 0 Å². The molecule has 13 atom stereocenters. The Kier molecular flexibility index (Phi) is 12.0. The fourth-order valence-corrected chi connectivity index (χ4v) is 11.9. The Bertz CT molecular complexity index is 2040. The van der Waals surface area contributed by atoms with Gasteiger partial charge in [0.15, 0.2) is 11.9 Å². The van der Waals surface area contributed by atoms with Gasteiger partial charge in [0.25, 0.3) is 5.91 Å². The predicted octanol–water partition coefficient (Wildman–Crippen LogP) is 7.97. The average Bonchev–Trinajstić information content (AvgIpc) is 3.65. The van der Waals surface area contributed by atoms with Gasteiger partial charge in [0.2, 0.25) is 5.78 Å². The molecule has 1 saturated carbocycles. The van der Waals surface area contributed by atoms with E-state index in [1.54, 1.807) is 19.9 Å². The molecule has 2 bridgehead atoms. The monoisotopic (exact) mass is 854 g/mol. The molecule has 2 aliphatic heterocycles. The van der Waals surface area contributed by atoms with Crippen LogP contribution < -0.4 is 5.32 Å². The van der Waals surface area contributed by atoms with Gasteiger partial charge >= 0.3 is 11.9 Å². The maximum Gasteiger partial charge on any atom is 0.346 e. The minimum absolute atomic E-state index is 0.0225. The molecule has 3 fully saturated rings. The Balaban J connectivity index is 1.23. The Morgan fingerprint density at radius 1 is 1.10 bits per heavy atom. The van der Waals surface area contributed by atoms with Gasteiger partial charge in [0, 0.05) is 29.7 Å². The minimum atomic E-state index is -1.75. The number of aromatic nitrogens is 1. The van der Waals surface area contributed by atoms with E-state index in [9.17, 15) is 29.7 Å². The highest BCUT2D eigenvalue weighted by molar-refractivity contribution is 6.36. The molecule has 4 aliphatic carbocycles. The first-order valence-corrected chi connectivity index (χ1v) is 21.7. The number of hydrogen-bond acceptors (Lipinski definition) is 9. The lowest BCUT2D eigenvalue weighted by molar-refractivity contribution is -0.258. The van der Waals surface area contributed by atoms with E-state index < -0.39 is 76.6 Å². The first-order chi connectivity index (χ1) is 27.9. The number of H-pyrrole nitrogens is 1. The SMILES string of the molecule is CC[C@H]1C[C@]23OC(=O)C(=C(O)[C@@]4(CC)[C@@H]5CC[C@H](C)[C@H](O[C@H]6C[C@@H](O)[C@H](NC(=O)c7[nH]c(Cl)cc7Cl)[C@@H](C)O6)[C@H]5C=C[C@H]4CC=CCC(C)=C[C@@]2(C)C=C1C(=O)O)C3=O. The van der Waals surface area contributed by atoms with E-state index in [1.807, 2.05) is 26.8 Å². The fraction of sp³-hybridized carbons (Fsp3) is 0.600. The third kappa shape index (κ3) is 7.24. The quantitative estimate of drug-likeness (QED) is 0.102. The summed E-state index contributed by atoms with van der Waals surface area (Å²) in [5, 5.41) is 37.6. The van der Waals surface area contributed by atoms with Crippen molar-refractivity contribution in [3.05, 3.63) is 80.9 Å². The summed E-state index contributed by atoms with van der Waals surface area (Å²) in [7, 11) is 0. The van der Waals surface area contributed by atoms with Gasteiger partial charge in [-0.3, -0.25) is 9.59 Å². The molecule has 0 unspecified atom stereocenters. The van der Waals surface area contributed by atoms with Crippen LogP contribution in [0.2, 0.25) is 10.2 Å². The number of rotatable bonds is 7. The van der Waals surface area contributed by atoms with Crippen molar-refractivity contribution >= 4 is 46.8 Å². The van der Waals surface area contributed by atoms with Crippen LogP contribution in [0, 0.1) is 40.4 Å². The van der Waals surface area contributed by atoms with Gasteiger partial charge in [-0.05, 0) is 89.0 Å². The fourth-order valence-electron chi connectivity index (χ4n) is 11.4. The Morgan fingerprint density at radius 3 is 2.49 bits per heavy atom. The zero-order valence-electron chi connectivity index (χ0n) is 34.4. The summed E-state index contributed by atoms with van der Waals surface area (Å²) in [6.45, 7) is 11.4. The number of carbonyl (C=O) groups is 4. The molecule has 7 rings (SSSR count). The molecule has 1 spiro atoms. The molecule has 59 heavy (non-hydrogen) atoms. The second-order valence-electron chi connectivity index (χ2n) is 17.8. The number of carboxylic acids is 1. The van der Waals surface area contributed by atoms with E-state index in [0.29, 0.717) is 32.1 Å². The summed E-state index contributed by atoms with van der Waals surface area (Å²) >= 11 is 12.2. The molecule has 320 valence electrons. The number of esters is 1. The molecule has 12 nitrogen and oxygen atoms in total. The number of aliphatic hydroxyl groups excluding tert-OH is 2. The lowest BCUT2D eigenvalue weighted by Crippen LogP contribution is -2.58. The van der Waals surface area contributed by atoms with Gasteiger partial charge < -0.3 is 39.8 Å². The summed E-state index contributed by atoms with van der Waals surface area (Å²) in [5.74, 6) is -4.71. The van der Waals surface area contributed by atoms with Crippen molar-refractivity contribution in [2.75, 3.05) is 0 Å². The number of ketones is 1. The molecule has 14 heteroatoms. The number of Topliss-reactive ketones (excluding diaryl/α,β-unsaturated/α-hetero) is 1. The van der Waals surface area contributed by atoms with E-state index in [-0.39, 0.29) is 69.3 Å². The number of amides is 1. The van der Waals surface area contributed by atoms with Gasteiger partial charge in [0.1, 0.15) is 22.2 Å². The largest absolute Gasteiger partial charge is 0.511 e. The predicted molar refractivity (Wildman–Crippen MR) is 220 cm³/mol. The molecule has 2 saturated heterocycles. The molecule has 1 aromatic heterocycles. The summed E-state index contributed by atoms with van der Waals surface area (Å²) in [5.41, 5.74) is -3.32. The van der Waals surface area contributed by atoms with Crippen LogP contribution in [-0.2, 0) is 28.6 Å². The van der Waals surface area contributed by atoms with Gasteiger partial charge in [0.05, 0.1) is 34.8 Å². The number of halogens is 2. The number of carboxylic acid groups (broad SMARTS) is 1. The number of fused-ring (bicyclic) bond motifs is 4. The van der Waals surface area contributed by atoms with Crippen LogP contribution in [-0.4, -0.2) is 80.2 Å². The third-order valence-electron chi connectivity index (χ3n) is 14.4. The zero-order valence-corrected chi connectivity index (χ0v) is 35.9. The Hall–Kier alpha value is -3.68. The smallest absolute Gasteiger partial charge is 0.346 e. The second kappa shape index (κ2) is 16.3. The van der Waals surface area contributed by atoms with Crippen molar-refractivity contribution in [2.24, 2.45) is 40.4 Å². The molecule has 0 radical (unpaired) electrons. The van der Waals surface area contributed by atoms with Crippen molar-refractivity contribution in [3.8, 4) is 0 Å². The van der Waals surface area contributed by atoms with E-state index in [1.165, 1.54) is 6.07 Å². The minimum Gasteiger partial charge on any atom is -0.511 e. The van der Waals surface area contributed by atoms with E-state index in [0.717, 1.165) is 12.0 Å². The molecule has 1 amide bonds. The lowest BCUT2D eigenvalue weighted by Gasteiger charge is -2.55. The number of ether oxygens (including phenoxy) is 3. The van der Waals surface area contributed by atoms with Gasteiger partial charge in [-0.25, -0.2) is 9.59 Å². The summed E-state index contributed by atoms with van der Waals surface area (Å²) in [6.07, 6.45) is 12.3. The number of hydrogen-bond donors (Lipinski definition) is 5. The normalized spacial score (nSPS) is 39.7. The van der Waals surface area contributed by atoms with Crippen LogP contribution in [0.15, 0.2) is 65.0 Å². The highest BCUT2D eigenvalue weighted by Crippen LogP contribution is 2.61. The molecule has 0 aromatic carbocycles. The van der Waals surface area contributed by atoms with Crippen molar-refractivity contribution < 1.29 is 48.7 Å². The number of nitrogens with one attached hydrogen (secondary N) is 2. The lowest BCUT2D eigenvalue weighted by atomic mass is 9.51. The van der Waals surface area contributed by atoms with Crippen LogP contribution in [0.4, 0.5) is 0 Å². The van der Waals surface area contributed by atoms with E-state index in [4.69, 9.17) is 37.4 Å². The van der Waals surface area contributed by atoms with Crippen LogP contribution in [0.5, 0.6) is 0 Å². The van der Waals surface area contributed by atoms with E-state index in [2.05, 4.69) is 41.5 Å². The number of aliphatic carboxylic acids is 1. The van der Waals surface area contributed by atoms with Crippen molar-refractivity contribution in [2.45, 2.75) is 129 Å². The number of aliphatic hydroxyl groups is 2. The van der Waals surface area contributed by atoms with Crippen LogP contribution in [0.1, 0.15) is 103 Å². The van der Waals surface area contributed by atoms with Crippen molar-refractivity contribution in [3.63, 3.8) is 0 Å². The first-order valence-electron chi connectivity index (χ1n) is 20.9. The topological polar surface area (TPSA) is 184 Å². The molecular weight excluding hydrogens is 799 g/mol. The van der Waals surface area contributed by atoms with Gasteiger partial charge in [-0.15, -0.1) is 0 Å². The molecule has 6 aliphatic rings. The first kappa shape index (κ1) is 43.4. The molecule has 5 N–H and O–H groups in total. The Labute approximate surface area is 355 Å². The zero-order chi connectivity index (χ0) is 42.8. The maximum absolute atomic E-state index is 15.2. The highest BCUT2D eigenvalue weighted by atomic mass is 35.5. The van der Waals surface area contributed by atoms with Gasteiger partial charge in [-0.2, -0.15) is 0 Å².